The molecule has 0 atom stereocenters. The average molecular weight is 388 g/mol. The topological polar surface area (TPSA) is 113 Å². The number of anilines is 1. The number of rotatable bonds is 7. The van der Waals surface area contributed by atoms with Crippen LogP contribution >= 0.6 is 0 Å². The molecule has 9 heteroatoms. The second-order valence-corrected chi connectivity index (χ2v) is 7.82. The normalized spacial score (nSPS) is 11.6. The van der Waals surface area contributed by atoms with Gasteiger partial charge in [-0.05, 0) is 42.8 Å². The van der Waals surface area contributed by atoms with E-state index in [0.717, 1.165) is 11.0 Å². The number of nitrogens with zero attached hydrogens (tertiary/aromatic N) is 1. The molecule has 1 amide bonds. The molecule has 0 radical (unpaired) electrons. The Labute approximate surface area is 156 Å². The zero-order valence-electron chi connectivity index (χ0n) is 14.7. The van der Waals surface area contributed by atoms with Gasteiger partial charge in [0.15, 0.2) is 0 Å². The summed E-state index contributed by atoms with van der Waals surface area (Å²) in [5, 5.41) is 2.58. The van der Waals surface area contributed by atoms with Crippen molar-refractivity contribution >= 4 is 32.7 Å². The molecular weight excluding hydrogens is 368 g/mol. The Morgan fingerprint density at radius 1 is 1.11 bits per heavy atom. The fourth-order valence-corrected chi connectivity index (χ4v) is 3.85. The first-order chi connectivity index (χ1) is 12.9. The van der Waals surface area contributed by atoms with E-state index >= 15 is 0 Å². The molecule has 27 heavy (non-hydrogen) atoms. The Morgan fingerprint density at radius 2 is 1.81 bits per heavy atom. The number of H-pyrrole nitrogens is 1. The third-order valence-electron chi connectivity index (χ3n) is 4.02. The van der Waals surface area contributed by atoms with E-state index in [1.807, 2.05) is 24.3 Å². The van der Waals surface area contributed by atoms with Crippen LogP contribution in [0.1, 0.15) is 13.3 Å². The highest BCUT2D eigenvalue weighted by Crippen LogP contribution is 2.14. The van der Waals surface area contributed by atoms with Gasteiger partial charge >= 0.3 is 5.69 Å². The Balaban J connectivity index is 1.60. The monoisotopic (exact) mass is 388 g/mol. The average Bonchev–Trinajstić information content (AvgIpc) is 2.94. The van der Waals surface area contributed by atoms with E-state index in [-0.39, 0.29) is 23.0 Å². The molecule has 0 unspecified atom stereocenters. The van der Waals surface area contributed by atoms with Crippen molar-refractivity contribution in [2.45, 2.75) is 24.8 Å². The molecule has 1 heterocycles. The van der Waals surface area contributed by atoms with Crippen LogP contribution in [0.3, 0.4) is 0 Å². The fraction of sp³-hybridized carbons (Fsp3) is 0.222. The van der Waals surface area contributed by atoms with E-state index < -0.39 is 10.0 Å². The standard InChI is InChI=1S/C18H20N4O4S/c1-13(23)20-14-7-9-15(10-8-14)27(25,26)19-11-4-12-22-17-6-3-2-5-16(17)21-18(22)24/h2-3,5-10,19H,4,11-12H2,1H3,(H,20,23)(H,21,24). The number of amides is 1. The molecule has 1 aromatic heterocycles. The number of aromatic nitrogens is 2. The first-order valence-electron chi connectivity index (χ1n) is 8.42. The molecule has 8 nitrogen and oxygen atoms in total. The van der Waals surface area contributed by atoms with Crippen molar-refractivity contribution in [3.8, 4) is 0 Å². The van der Waals surface area contributed by atoms with Crippen molar-refractivity contribution in [2.75, 3.05) is 11.9 Å². The Bertz CT molecular complexity index is 1110. The molecule has 0 aliphatic rings. The lowest BCUT2D eigenvalue weighted by Crippen LogP contribution is -2.26. The number of benzene rings is 2. The first kappa shape index (κ1) is 18.9. The zero-order valence-corrected chi connectivity index (χ0v) is 15.5. The lowest BCUT2D eigenvalue weighted by atomic mass is 10.3. The zero-order chi connectivity index (χ0) is 19.4. The third kappa shape index (κ3) is 4.44. The number of nitrogens with one attached hydrogen (secondary N) is 3. The molecule has 0 aliphatic heterocycles. The Morgan fingerprint density at radius 3 is 2.52 bits per heavy atom. The van der Waals surface area contributed by atoms with Crippen molar-refractivity contribution in [3.63, 3.8) is 0 Å². The third-order valence-corrected chi connectivity index (χ3v) is 5.49. The van der Waals surface area contributed by atoms with Crippen LogP contribution in [0.25, 0.3) is 11.0 Å². The van der Waals surface area contributed by atoms with Gasteiger partial charge in [0, 0.05) is 25.7 Å². The van der Waals surface area contributed by atoms with Gasteiger partial charge in [-0.15, -0.1) is 0 Å². The van der Waals surface area contributed by atoms with Gasteiger partial charge in [-0.2, -0.15) is 0 Å². The van der Waals surface area contributed by atoms with E-state index in [0.29, 0.717) is 18.7 Å². The summed E-state index contributed by atoms with van der Waals surface area (Å²) in [7, 11) is -3.66. The van der Waals surface area contributed by atoms with Gasteiger partial charge in [0.1, 0.15) is 0 Å². The van der Waals surface area contributed by atoms with Gasteiger partial charge in [-0.1, -0.05) is 12.1 Å². The first-order valence-corrected chi connectivity index (χ1v) is 9.90. The largest absolute Gasteiger partial charge is 0.326 e. The molecule has 142 valence electrons. The minimum absolute atomic E-state index is 0.112. The molecule has 3 rings (SSSR count). The van der Waals surface area contributed by atoms with Crippen LogP contribution in [0.15, 0.2) is 58.2 Å². The van der Waals surface area contributed by atoms with E-state index in [9.17, 15) is 18.0 Å². The summed E-state index contributed by atoms with van der Waals surface area (Å²) in [5.74, 6) is -0.226. The maximum atomic E-state index is 12.3. The predicted molar refractivity (Wildman–Crippen MR) is 103 cm³/mol. The van der Waals surface area contributed by atoms with Crippen molar-refractivity contribution < 1.29 is 13.2 Å². The van der Waals surface area contributed by atoms with Crippen LogP contribution in [0, 0.1) is 0 Å². The van der Waals surface area contributed by atoms with Crippen LogP contribution < -0.4 is 15.7 Å². The molecule has 3 aromatic rings. The van der Waals surface area contributed by atoms with Gasteiger partial charge < -0.3 is 10.3 Å². The number of hydrogen-bond donors (Lipinski definition) is 3. The summed E-state index contributed by atoms with van der Waals surface area (Å²) in [6.07, 6.45) is 0.463. The van der Waals surface area contributed by atoms with Crippen LogP contribution in [-0.4, -0.2) is 30.4 Å². The van der Waals surface area contributed by atoms with Crippen LogP contribution in [0.2, 0.25) is 0 Å². The maximum Gasteiger partial charge on any atom is 0.326 e. The number of aromatic amines is 1. The van der Waals surface area contributed by atoms with Crippen LogP contribution in [0.5, 0.6) is 0 Å². The number of para-hydroxylation sites is 2. The second kappa shape index (κ2) is 7.77. The van der Waals surface area contributed by atoms with Crippen LogP contribution in [0.4, 0.5) is 5.69 Å². The smallest absolute Gasteiger partial charge is 0.326 e. The summed E-state index contributed by atoms with van der Waals surface area (Å²) < 4.78 is 28.8. The highest BCUT2D eigenvalue weighted by Gasteiger charge is 2.13. The lowest BCUT2D eigenvalue weighted by Gasteiger charge is -2.08. The maximum absolute atomic E-state index is 12.3. The minimum Gasteiger partial charge on any atom is -0.326 e. The SMILES string of the molecule is CC(=O)Nc1ccc(S(=O)(=O)NCCCn2c(=O)[nH]c3ccccc32)cc1. The number of sulfonamides is 1. The van der Waals surface area contributed by atoms with Gasteiger partial charge in [0.05, 0.1) is 15.9 Å². The molecular formula is C18H20N4O4S. The number of imidazole rings is 1. The van der Waals surface area contributed by atoms with Gasteiger partial charge in [0.2, 0.25) is 15.9 Å². The highest BCUT2D eigenvalue weighted by atomic mass is 32.2. The summed E-state index contributed by atoms with van der Waals surface area (Å²) in [6.45, 7) is 1.97. The molecule has 0 aliphatic carbocycles. The number of aryl methyl sites for hydroxylation is 1. The number of carbonyl (C=O) groups is 1. The Hall–Kier alpha value is -2.91. The number of carbonyl (C=O) groups excluding carboxylic acids is 1. The minimum atomic E-state index is -3.66. The highest BCUT2D eigenvalue weighted by molar-refractivity contribution is 7.89. The molecule has 2 aromatic carbocycles. The van der Waals surface area contributed by atoms with E-state index in [2.05, 4.69) is 15.0 Å². The van der Waals surface area contributed by atoms with Crippen molar-refractivity contribution in [1.82, 2.24) is 14.3 Å². The van der Waals surface area contributed by atoms with E-state index in [1.54, 1.807) is 4.57 Å². The number of hydrogen-bond acceptors (Lipinski definition) is 4. The fourth-order valence-electron chi connectivity index (χ4n) is 2.78. The van der Waals surface area contributed by atoms with Gasteiger partial charge in [-0.3, -0.25) is 9.36 Å². The summed E-state index contributed by atoms with van der Waals surface area (Å²) in [6, 6.07) is 13.3. The summed E-state index contributed by atoms with van der Waals surface area (Å²) >= 11 is 0. The lowest BCUT2D eigenvalue weighted by molar-refractivity contribution is -0.114. The second-order valence-electron chi connectivity index (χ2n) is 6.06. The molecule has 0 saturated heterocycles. The van der Waals surface area contributed by atoms with Crippen LogP contribution in [-0.2, 0) is 21.4 Å². The summed E-state index contributed by atoms with van der Waals surface area (Å²) in [5.41, 5.74) is 1.86. The molecule has 3 N–H and O–H groups in total. The quantitative estimate of drug-likeness (QED) is 0.534. The van der Waals surface area contributed by atoms with Crippen molar-refractivity contribution in [2.24, 2.45) is 0 Å². The van der Waals surface area contributed by atoms with E-state index in [1.165, 1.54) is 31.2 Å². The molecule has 0 saturated carbocycles. The van der Waals surface area contributed by atoms with Crippen molar-refractivity contribution in [3.05, 3.63) is 59.0 Å². The Kier molecular flexibility index (Phi) is 5.43. The molecule has 0 bridgehead atoms. The molecule has 0 fully saturated rings. The predicted octanol–water partition coefficient (Wildman–Crippen LogP) is 1.66. The van der Waals surface area contributed by atoms with Gasteiger partial charge in [-0.25, -0.2) is 17.9 Å². The number of fused-ring (bicyclic) bond motifs is 1. The molecule has 0 spiro atoms. The van der Waals surface area contributed by atoms with Crippen molar-refractivity contribution in [1.29, 1.82) is 0 Å². The summed E-state index contributed by atoms with van der Waals surface area (Å²) in [4.78, 5) is 25.9. The van der Waals surface area contributed by atoms with Gasteiger partial charge in [0.25, 0.3) is 0 Å². The van der Waals surface area contributed by atoms with E-state index in [4.69, 9.17) is 0 Å².